The average Bonchev–Trinajstić information content (AvgIpc) is 2.63. The molecule has 0 aliphatic rings. The number of hydrogen-bond donors (Lipinski definition) is 2. The van der Waals surface area contributed by atoms with Crippen LogP contribution in [0.4, 0.5) is 5.69 Å². The molecule has 4 heteroatoms. The molecular weight excluding hydrogens is 296 g/mol. The van der Waals surface area contributed by atoms with Crippen LogP contribution in [0.25, 0.3) is 0 Å². The van der Waals surface area contributed by atoms with Gasteiger partial charge >= 0.3 is 0 Å². The molecule has 0 unspecified atom stereocenters. The van der Waals surface area contributed by atoms with Crippen LogP contribution in [-0.4, -0.2) is 5.84 Å². The van der Waals surface area contributed by atoms with E-state index >= 15 is 0 Å². The van der Waals surface area contributed by atoms with Crippen LogP contribution >= 0.6 is 0 Å². The predicted octanol–water partition coefficient (Wildman–Crippen LogP) is 5.98. The molecule has 4 nitrogen and oxygen atoms in total. The Morgan fingerprint density at radius 2 is 1.58 bits per heavy atom. The Kier molecular flexibility index (Phi) is 7.15. The van der Waals surface area contributed by atoms with Crippen molar-refractivity contribution in [3.63, 3.8) is 0 Å². The summed E-state index contributed by atoms with van der Waals surface area (Å²) in [4.78, 5) is 0. The monoisotopic (exact) mass is 322 g/mol. The smallest absolute Gasteiger partial charge is 0.155 e. The maximum atomic E-state index is 8.32. The molecule has 0 aliphatic carbocycles. The molecule has 0 heterocycles. The lowest BCUT2D eigenvalue weighted by molar-refractivity contribution is 0.632. The van der Waals surface area contributed by atoms with Crippen LogP contribution in [0.1, 0.15) is 50.2 Å². The number of nitrogens with one attached hydrogen (secondary N) is 2. The van der Waals surface area contributed by atoms with E-state index in [-0.39, 0.29) is 5.84 Å². The van der Waals surface area contributed by atoms with Crippen LogP contribution in [0, 0.1) is 10.9 Å². The van der Waals surface area contributed by atoms with Gasteiger partial charge in [0.2, 0.25) is 0 Å². The fourth-order valence-electron chi connectivity index (χ4n) is 2.69. The highest BCUT2D eigenvalue weighted by Crippen LogP contribution is 2.18. The summed E-state index contributed by atoms with van der Waals surface area (Å²) < 4.78 is 0. The highest BCUT2D eigenvalue weighted by Gasteiger charge is 2.13. The number of para-hydroxylation sites is 1. The number of unbranched alkanes of at least 4 members (excludes halogenated alkanes) is 4. The molecule has 0 bridgehead atoms. The molecule has 126 valence electrons. The van der Waals surface area contributed by atoms with Crippen molar-refractivity contribution < 1.29 is 0 Å². The maximum absolute atomic E-state index is 8.32. The molecule has 2 aromatic carbocycles. The first-order valence-electron chi connectivity index (χ1n) is 8.66. The Morgan fingerprint density at radius 1 is 0.917 bits per heavy atom. The van der Waals surface area contributed by atoms with E-state index in [1.807, 2.05) is 42.5 Å². The summed E-state index contributed by atoms with van der Waals surface area (Å²) in [7, 11) is 0. The average molecular weight is 322 g/mol. The first kappa shape index (κ1) is 17.9. The van der Waals surface area contributed by atoms with Crippen molar-refractivity contribution >= 4 is 11.5 Å². The Morgan fingerprint density at radius 3 is 2.21 bits per heavy atom. The van der Waals surface area contributed by atoms with E-state index in [0.29, 0.717) is 0 Å². The minimum Gasteiger partial charge on any atom is -0.282 e. The quantitative estimate of drug-likeness (QED) is 0.193. The van der Waals surface area contributed by atoms with E-state index in [1.54, 1.807) is 0 Å². The van der Waals surface area contributed by atoms with Crippen LogP contribution in [0.15, 0.2) is 59.8 Å². The zero-order valence-corrected chi connectivity index (χ0v) is 14.3. The molecule has 0 aliphatic heterocycles. The van der Waals surface area contributed by atoms with Gasteiger partial charge in [0.25, 0.3) is 0 Å². The third kappa shape index (κ3) is 5.01. The molecule has 0 saturated heterocycles. The lowest BCUT2D eigenvalue weighted by Gasteiger charge is -2.18. The van der Waals surface area contributed by atoms with E-state index in [9.17, 15) is 0 Å². The first-order valence-corrected chi connectivity index (χ1v) is 8.66. The van der Waals surface area contributed by atoms with Crippen molar-refractivity contribution in [2.75, 3.05) is 5.01 Å². The molecule has 0 spiro atoms. The highest BCUT2D eigenvalue weighted by molar-refractivity contribution is 6.07. The van der Waals surface area contributed by atoms with Crippen LogP contribution < -0.4 is 5.01 Å². The van der Waals surface area contributed by atoms with Gasteiger partial charge in [-0.3, -0.25) is 5.41 Å². The van der Waals surface area contributed by atoms with Crippen molar-refractivity contribution in [2.45, 2.75) is 45.4 Å². The third-order valence-electron chi connectivity index (χ3n) is 4.11. The predicted molar refractivity (Wildman–Crippen MR) is 99.8 cm³/mol. The fourth-order valence-corrected chi connectivity index (χ4v) is 2.69. The Hall–Kier alpha value is -2.49. The van der Waals surface area contributed by atoms with Crippen molar-refractivity contribution in [1.82, 2.24) is 0 Å². The number of nitrogens with zero attached hydrogens (tertiary/aromatic N) is 2. The van der Waals surface area contributed by atoms with E-state index in [2.05, 4.69) is 24.3 Å². The van der Waals surface area contributed by atoms with Crippen LogP contribution in [0.3, 0.4) is 0 Å². The number of hydrogen-bond acceptors (Lipinski definition) is 3. The molecule has 2 aromatic rings. The van der Waals surface area contributed by atoms with Gasteiger partial charge in [-0.05, 0) is 30.5 Å². The van der Waals surface area contributed by atoms with Gasteiger partial charge in [-0.1, -0.05) is 80.3 Å². The molecule has 0 fully saturated rings. The molecular formula is C20H26N4. The van der Waals surface area contributed by atoms with Crippen molar-refractivity contribution in [2.24, 2.45) is 5.22 Å². The number of aryl methyl sites for hydroxylation is 1. The zero-order valence-electron chi connectivity index (χ0n) is 14.3. The van der Waals surface area contributed by atoms with E-state index in [4.69, 9.17) is 10.9 Å². The van der Waals surface area contributed by atoms with E-state index < -0.39 is 0 Å². The number of amidine groups is 1. The van der Waals surface area contributed by atoms with Crippen molar-refractivity contribution in [3.8, 4) is 0 Å². The van der Waals surface area contributed by atoms with Crippen LogP contribution in [-0.2, 0) is 6.42 Å². The zero-order chi connectivity index (χ0) is 17.2. The maximum Gasteiger partial charge on any atom is 0.155 e. The van der Waals surface area contributed by atoms with Gasteiger partial charge < -0.3 is 0 Å². The normalized spacial score (nSPS) is 10.4. The second-order valence-corrected chi connectivity index (χ2v) is 5.96. The lowest BCUT2D eigenvalue weighted by Crippen LogP contribution is -2.24. The second-order valence-electron chi connectivity index (χ2n) is 5.96. The molecule has 0 saturated carbocycles. The Balaban J connectivity index is 1.96. The minimum absolute atomic E-state index is 0.214. The fraction of sp³-hybridized carbons (Fsp3) is 0.350. The summed E-state index contributed by atoms with van der Waals surface area (Å²) >= 11 is 0. The van der Waals surface area contributed by atoms with Gasteiger partial charge in [-0.15, -0.1) is 0 Å². The molecule has 24 heavy (non-hydrogen) atoms. The van der Waals surface area contributed by atoms with Crippen molar-refractivity contribution in [1.29, 1.82) is 10.9 Å². The van der Waals surface area contributed by atoms with E-state index in [0.717, 1.165) is 17.7 Å². The first-order chi connectivity index (χ1) is 11.8. The molecule has 0 aromatic heterocycles. The molecule has 2 rings (SSSR count). The summed E-state index contributed by atoms with van der Waals surface area (Å²) in [5, 5.41) is 13.1. The Labute approximate surface area is 144 Å². The number of benzene rings is 2. The largest absolute Gasteiger partial charge is 0.282 e. The van der Waals surface area contributed by atoms with Crippen molar-refractivity contribution in [3.05, 3.63) is 65.7 Å². The summed E-state index contributed by atoms with van der Waals surface area (Å²) in [6.45, 7) is 2.23. The van der Waals surface area contributed by atoms with E-state index in [1.165, 1.54) is 42.7 Å². The van der Waals surface area contributed by atoms with Gasteiger partial charge in [0, 0.05) is 5.56 Å². The molecule has 2 N–H and O–H groups in total. The summed E-state index contributed by atoms with van der Waals surface area (Å²) in [5.41, 5.74) is 10.2. The molecule has 0 atom stereocenters. The summed E-state index contributed by atoms with van der Waals surface area (Å²) in [5.74, 6) is 0.214. The molecule has 0 radical (unpaired) electrons. The number of anilines is 1. The SMILES string of the molecule is CCCCCCCc1ccc(C(=N)N(N=N)c2ccccc2)cc1. The lowest BCUT2D eigenvalue weighted by atomic mass is 10.0. The Bertz CT molecular complexity index is 634. The molecule has 0 amide bonds. The van der Waals surface area contributed by atoms with Gasteiger partial charge in [-0.25, -0.2) is 0 Å². The van der Waals surface area contributed by atoms with Gasteiger partial charge in [0.05, 0.1) is 5.69 Å². The van der Waals surface area contributed by atoms with Crippen LogP contribution in [0.2, 0.25) is 0 Å². The van der Waals surface area contributed by atoms with Gasteiger partial charge in [-0.2, -0.15) is 10.5 Å². The second kappa shape index (κ2) is 9.60. The van der Waals surface area contributed by atoms with Crippen LogP contribution in [0.5, 0.6) is 0 Å². The third-order valence-corrected chi connectivity index (χ3v) is 4.11. The summed E-state index contributed by atoms with van der Waals surface area (Å²) in [6.07, 6.45) is 7.50. The summed E-state index contributed by atoms with van der Waals surface area (Å²) in [6, 6.07) is 17.4. The highest BCUT2D eigenvalue weighted by atomic mass is 15.5. The topological polar surface area (TPSA) is 63.3 Å². The van der Waals surface area contributed by atoms with Gasteiger partial charge in [0.15, 0.2) is 5.84 Å². The van der Waals surface area contributed by atoms with Gasteiger partial charge in [0.1, 0.15) is 0 Å². The standard InChI is InChI=1S/C20H26N4/c1-2-3-4-5-7-10-17-13-15-18(16-14-17)20(21)24(23-22)19-11-8-6-9-12-19/h6,8-9,11-16,21-22H,2-5,7,10H2,1H3. The number of rotatable bonds is 9. The minimum atomic E-state index is 0.214.